The largest absolute Gasteiger partial charge is 0.298 e. The summed E-state index contributed by atoms with van der Waals surface area (Å²) < 4.78 is 37.2. The molecule has 0 saturated heterocycles. The molecule has 14 heavy (non-hydrogen) atoms. The summed E-state index contributed by atoms with van der Waals surface area (Å²) in [4.78, 5) is 10.4. The first-order chi connectivity index (χ1) is 6.76. The molecule has 0 radical (unpaired) electrons. The van der Waals surface area contributed by atoms with Gasteiger partial charge in [0, 0.05) is 5.56 Å². The zero-order valence-corrected chi connectivity index (χ0v) is 7.40. The molecule has 1 rings (SSSR count). The number of benzene rings is 1. The van der Waals surface area contributed by atoms with E-state index in [1.54, 1.807) is 0 Å². The minimum Gasteiger partial charge on any atom is -0.298 e. The first-order valence-corrected chi connectivity index (χ1v) is 4.04. The van der Waals surface area contributed by atoms with E-state index in [1.165, 1.54) is 12.1 Å². The highest BCUT2D eigenvalue weighted by molar-refractivity contribution is 5.76. The Labute approximate surface area is 79.5 Å². The molecule has 0 aromatic heterocycles. The Balaban J connectivity index is 3.31. The van der Waals surface area contributed by atoms with Crippen molar-refractivity contribution >= 4 is 6.29 Å². The molecule has 76 valence electrons. The lowest BCUT2D eigenvalue weighted by molar-refractivity contribution is 0.112. The Morgan fingerprint density at radius 1 is 1.00 bits per heavy atom. The fourth-order valence-corrected chi connectivity index (χ4v) is 1.30. The first-order valence-electron chi connectivity index (χ1n) is 4.04. The summed E-state index contributed by atoms with van der Waals surface area (Å²) in [6, 6.07) is 2.47. The van der Waals surface area contributed by atoms with Crippen molar-refractivity contribution in [2.24, 2.45) is 0 Å². The normalized spacial score (nSPS) is 10.2. The fourth-order valence-electron chi connectivity index (χ4n) is 1.30. The van der Waals surface area contributed by atoms with Gasteiger partial charge in [-0.3, -0.25) is 4.79 Å². The molecule has 0 unspecified atom stereocenters. The highest BCUT2D eigenvalue weighted by Crippen LogP contribution is 2.20. The third-order valence-corrected chi connectivity index (χ3v) is 2.01. The summed E-state index contributed by atoms with van der Waals surface area (Å²) >= 11 is 0. The number of hydrogen-bond acceptors (Lipinski definition) is 1. The SMILES string of the molecule is O=Cc1cc(CF)c(CF)c(CF)c1. The molecule has 0 saturated carbocycles. The summed E-state index contributed by atoms with van der Waals surface area (Å²) in [5.74, 6) is 0. The second kappa shape index (κ2) is 4.79. The van der Waals surface area contributed by atoms with Crippen molar-refractivity contribution in [1.29, 1.82) is 0 Å². The maximum Gasteiger partial charge on any atom is 0.150 e. The van der Waals surface area contributed by atoms with E-state index in [1.807, 2.05) is 0 Å². The number of rotatable bonds is 4. The summed E-state index contributed by atoms with van der Waals surface area (Å²) in [5, 5.41) is 0. The quantitative estimate of drug-likeness (QED) is 0.686. The Morgan fingerprint density at radius 2 is 1.50 bits per heavy atom. The van der Waals surface area contributed by atoms with Crippen LogP contribution < -0.4 is 0 Å². The molecular formula is C10H9F3O. The molecule has 0 bridgehead atoms. The van der Waals surface area contributed by atoms with Gasteiger partial charge in [-0.1, -0.05) is 0 Å². The van der Waals surface area contributed by atoms with Gasteiger partial charge < -0.3 is 0 Å². The lowest BCUT2D eigenvalue weighted by Crippen LogP contribution is -1.98. The van der Waals surface area contributed by atoms with Crippen molar-refractivity contribution in [1.82, 2.24) is 0 Å². The smallest absolute Gasteiger partial charge is 0.150 e. The molecule has 0 aliphatic rings. The van der Waals surface area contributed by atoms with Gasteiger partial charge in [-0.2, -0.15) is 0 Å². The van der Waals surface area contributed by atoms with Crippen LogP contribution in [0.2, 0.25) is 0 Å². The van der Waals surface area contributed by atoms with Crippen molar-refractivity contribution in [2.75, 3.05) is 0 Å². The maximum absolute atomic E-state index is 12.4. The van der Waals surface area contributed by atoms with Gasteiger partial charge in [-0.05, 0) is 28.8 Å². The van der Waals surface area contributed by atoms with Crippen LogP contribution in [0.3, 0.4) is 0 Å². The highest BCUT2D eigenvalue weighted by atomic mass is 19.1. The Kier molecular flexibility index (Phi) is 3.68. The Hall–Kier alpha value is -1.32. The summed E-state index contributed by atoms with van der Waals surface area (Å²) in [6.07, 6.45) is 0.486. The third-order valence-electron chi connectivity index (χ3n) is 2.01. The first kappa shape index (κ1) is 10.8. The highest BCUT2D eigenvalue weighted by Gasteiger charge is 2.10. The van der Waals surface area contributed by atoms with Gasteiger partial charge in [0.2, 0.25) is 0 Å². The van der Waals surface area contributed by atoms with Crippen molar-refractivity contribution in [3.63, 3.8) is 0 Å². The predicted octanol–water partition coefficient (Wildman–Crippen LogP) is 2.91. The average molecular weight is 202 g/mol. The monoisotopic (exact) mass is 202 g/mol. The van der Waals surface area contributed by atoms with Crippen molar-refractivity contribution in [3.05, 3.63) is 34.4 Å². The maximum atomic E-state index is 12.4. The number of hydrogen-bond donors (Lipinski definition) is 0. The molecule has 4 heteroatoms. The van der Waals surface area contributed by atoms with E-state index in [2.05, 4.69) is 0 Å². The van der Waals surface area contributed by atoms with Gasteiger partial charge in [-0.15, -0.1) is 0 Å². The number of alkyl halides is 3. The molecule has 0 spiro atoms. The Bertz CT molecular complexity index is 311. The number of aldehydes is 1. The summed E-state index contributed by atoms with van der Waals surface area (Å²) in [7, 11) is 0. The second-order valence-electron chi connectivity index (χ2n) is 2.84. The van der Waals surface area contributed by atoms with Gasteiger partial charge in [0.1, 0.15) is 26.3 Å². The van der Waals surface area contributed by atoms with E-state index in [9.17, 15) is 18.0 Å². The van der Waals surface area contributed by atoms with Crippen molar-refractivity contribution in [3.8, 4) is 0 Å². The predicted molar refractivity (Wildman–Crippen MR) is 46.3 cm³/mol. The Morgan fingerprint density at radius 3 is 1.79 bits per heavy atom. The van der Waals surface area contributed by atoms with E-state index >= 15 is 0 Å². The zero-order chi connectivity index (χ0) is 10.6. The van der Waals surface area contributed by atoms with Crippen LogP contribution in [-0.2, 0) is 20.0 Å². The summed E-state index contributed by atoms with van der Waals surface area (Å²) in [5.41, 5.74) is 0.276. The van der Waals surface area contributed by atoms with E-state index < -0.39 is 20.0 Å². The lowest BCUT2D eigenvalue weighted by Gasteiger charge is -2.08. The van der Waals surface area contributed by atoms with Crippen LogP contribution in [0.15, 0.2) is 12.1 Å². The molecule has 1 nitrogen and oxygen atoms in total. The topological polar surface area (TPSA) is 17.1 Å². The number of carbonyl (C=O) groups excluding carboxylic acids is 1. The third kappa shape index (κ3) is 1.95. The minimum atomic E-state index is -0.919. The van der Waals surface area contributed by atoms with Crippen molar-refractivity contribution < 1.29 is 18.0 Å². The van der Waals surface area contributed by atoms with Crippen LogP contribution >= 0.6 is 0 Å². The van der Waals surface area contributed by atoms with Crippen LogP contribution in [0.4, 0.5) is 13.2 Å². The van der Waals surface area contributed by atoms with E-state index in [0.717, 1.165) is 0 Å². The van der Waals surface area contributed by atoms with Gasteiger partial charge in [0.05, 0.1) is 0 Å². The van der Waals surface area contributed by atoms with Crippen molar-refractivity contribution in [2.45, 2.75) is 20.0 Å². The molecule has 0 amide bonds. The van der Waals surface area contributed by atoms with Crippen LogP contribution in [0.1, 0.15) is 27.0 Å². The average Bonchev–Trinajstić information content (AvgIpc) is 2.26. The van der Waals surface area contributed by atoms with Gasteiger partial charge in [-0.25, -0.2) is 13.2 Å². The number of carbonyl (C=O) groups is 1. The van der Waals surface area contributed by atoms with E-state index in [4.69, 9.17) is 0 Å². The molecule has 0 fully saturated rings. The van der Waals surface area contributed by atoms with Crippen LogP contribution in [0.25, 0.3) is 0 Å². The molecule has 0 heterocycles. The van der Waals surface area contributed by atoms with E-state index in [-0.39, 0.29) is 22.3 Å². The molecule has 0 aliphatic heterocycles. The standard InChI is InChI=1S/C10H9F3O/c11-3-8-1-7(6-14)2-9(4-12)10(8)5-13/h1-2,6H,3-5H2. The van der Waals surface area contributed by atoms with Gasteiger partial charge in [0.25, 0.3) is 0 Å². The van der Waals surface area contributed by atoms with Crippen LogP contribution in [-0.4, -0.2) is 6.29 Å². The van der Waals surface area contributed by atoms with Gasteiger partial charge in [0.15, 0.2) is 0 Å². The molecule has 0 aliphatic carbocycles. The lowest BCUT2D eigenvalue weighted by atomic mass is 10.00. The van der Waals surface area contributed by atoms with E-state index in [0.29, 0.717) is 6.29 Å². The number of halogens is 3. The molecule has 1 aromatic carbocycles. The second-order valence-corrected chi connectivity index (χ2v) is 2.84. The zero-order valence-electron chi connectivity index (χ0n) is 7.40. The molecule has 0 atom stereocenters. The summed E-state index contributed by atoms with van der Waals surface area (Å²) in [6.45, 7) is -2.71. The molecular weight excluding hydrogens is 193 g/mol. The van der Waals surface area contributed by atoms with Crippen LogP contribution in [0.5, 0.6) is 0 Å². The minimum absolute atomic E-state index is 0.0144. The van der Waals surface area contributed by atoms with Gasteiger partial charge >= 0.3 is 0 Å². The fraction of sp³-hybridized carbons (Fsp3) is 0.300. The molecule has 1 aromatic rings. The molecule has 0 N–H and O–H groups in total. The van der Waals surface area contributed by atoms with Crippen LogP contribution in [0, 0.1) is 0 Å².